The van der Waals surface area contributed by atoms with Crippen molar-refractivity contribution in [2.45, 2.75) is 63.0 Å². The van der Waals surface area contributed by atoms with Crippen LogP contribution in [0.2, 0.25) is 0 Å². The highest BCUT2D eigenvalue weighted by molar-refractivity contribution is 5.66. The Kier molecular flexibility index (Phi) is 5.43. The lowest BCUT2D eigenvalue weighted by atomic mass is 9.90. The van der Waals surface area contributed by atoms with E-state index in [1.165, 1.54) is 43.8 Å². The number of hydrogen-bond donors (Lipinski definition) is 1. The molecule has 1 N–H and O–H groups in total. The number of anilines is 1. The summed E-state index contributed by atoms with van der Waals surface area (Å²) in [5, 5.41) is 11.1. The summed E-state index contributed by atoms with van der Waals surface area (Å²) in [6.45, 7) is 2.85. The first-order valence-corrected chi connectivity index (χ1v) is 11.2. The van der Waals surface area contributed by atoms with Gasteiger partial charge in [-0.25, -0.2) is 15.0 Å². The highest BCUT2D eigenvalue weighted by atomic mass is 19.4. The van der Waals surface area contributed by atoms with Gasteiger partial charge in [0.15, 0.2) is 0 Å². The Balaban J connectivity index is 1.37. The van der Waals surface area contributed by atoms with E-state index in [1.807, 2.05) is 0 Å². The number of aliphatic hydroxyl groups is 1. The van der Waals surface area contributed by atoms with E-state index in [0.717, 1.165) is 37.8 Å². The maximum atomic E-state index is 14.1. The van der Waals surface area contributed by atoms with Gasteiger partial charge in [0.2, 0.25) is 11.5 Å². The van der Waals surface area contributed by atoms with Gasteiger partial charge in [-0.05, 0) is 44.7 Å². The molecule has 1 saturated carbocycles. The van der Waals surface area contributed by atoms with Crippen molar-refractivity contribution in [3.8, 4) is 6.01 Å². The molecule has 0 radical (unpaired) electrons. The van der Waals surface area contributed by atoms with Crippen LogP contribution in [0.3, 0.4) is 0 Å². The molecule has 0 spiro atoms. The number of fused-ring (bicyclic) bond motifs is 1. The fourth-order valence-electron chi connectivity index (χ4n) is 4.68. The lowest BCUT2D eigenvalue weighted by molar-refractivity contribution is -0.179. The molecule has 1 aromatic heterocycles. The van der Waals surface area contributed by atoms with Gasteiger partial charge >= 0.3 is 12.2 Å². The Morgan fingerprint density at radius 1 is 1.06 bits per heavy atom. The van der Waals surface area contributed by atoms with E-state index < -0.39 is 17.7 Å². The van der Waals surface area contributed by atoms with Crippen LogP contribution in [0.25, 0.3) is 5.88 Å². The van der Waals surface area contributed by atoms with E-state index in [0.29, 0.717) is 6.04 Å². The van der Waals surface area contributed by atoms with Gasteiger partial charge in [0.05, 0.1) is 28.7 Å². The third-order valence-electron chi connectivity index (χ3n) is 6.88. The molecule has 1 aromatic carbocycles. The average Bonchev–Trinajstić information content (AvgIpc) is 2.74. The molecule has 2 aliphatic heterocycles. The molecule has 2 aromatic rings. The summed E-state index contributed by atoms with van der Waals surface area (Å²) >= 11 is 0. The number of para-hydroxylation sites is 1. The molecular weight excluding hydrogens is 435 g/mol. The fourth-order valence-corrected chi connectivity index (χ4v) is 4.68. The van der Waals surface area contributed by atoms with E-state index in [-0.39, 0.29) is 28.4 Å². The van der Waals surface area contributed by atoms with Crippen molar-refractivity contribution in [3.05, 3.63) is 47.2 Å². The number of likely N-dealkylation sites (tertiary alicyclic amines) is 1. The Morgan fingerprint density at radius 3 is 2.33 bits per heavy atom. The molecule has 3 aliphatic rings. The third kappa shape index (κ3) is 3.90. The van der Waals surface area contributed by atoms with Gasteiger partial charge in [0.25, 0.3) is 0 Å². The number of nitrogens with zero attached hydrogens (tertiary/aromatic N) is 5. The smallest absolute Gasteiger partial charge is 0.432 e. The summed E-state index contributed by atoms with van der Waals surface area (Å²) < 4.78 is 48.2. The zero-order valence-electron chi connectivity index (χ0n) is 18.3. The Hall–Kier alpha value is -2.88. The van der Waals surface area contributed by atoms with Crippen molar-refractivity contribution in [1.29, 1.82) is 0 Å². The number of ether oxygens (including phenoxy) is 1. The molecule has 10 heteroatoms. The zero-order chi connectivity index (χ0) is 23.2. The van der Waals surface area contributed by atoms with Crippen molar-refractivity contribution >= 4 is 11.6 Å². The number of halogens is 3. The summed E-state index contributed by atoms with van der Waals surface area (Å²) in [7, 11) is 0. The number of aliphatic hydroxyl groups excluding tert-OH is 1. The van der Waals surface area contributed by atoms with Gasteiger partial charge in [-0.15, -0.1) is 0 Å². The fraction of sp³-hybridized carbons (Fsp3) is 0.522. The average molecular weight is 461 g/mol. The van der Waals surface area contributed by atoms with Gasteiger partial charge in [-0.1, -0.05) is 18.6 Å². The van der Waals surface area contributed by atoms with E-state index in [9.17, 15) is 18.3 Å². The SMILES string of the molecule is CC1(C(F)(F)F)N=c2ccccc2=C(O)N1c1cnc(OC2CCN(C3CCC3)CC2)nc1. The van der Waals surface area contributed by atoms with Gasteiger partial charge in [0.1, 0.15) is 6.10 Å². The second-order valence-electron chi connectivity index (χ2n) is 8.97. The molecule has 0 bridgehead atoms. The second kappa shape index (κ2) is 8.16. The summed E-state index contributed by atoms with van der Waals surface area (Å²) in [5.41, 5.74) is -2.75. The normalized spacial score (nSPS) is 24.7. The Labute approximate surface area is 189 Å². The van der Waals surface area contributed by atoms with E-state index in [4.69, 9.17) is 4.74 Å². The summed E-state index contributed by atoms with van der Waals surface area (Å²) in [5.74, 6) is -0.555. The molecule has 2 fully saturated rings. The molecule has 5 rings (SSSR count). The predicted molar refractivity (Wildman–Crippen MR) is 115 cm³/mol. The van der Waals surface area contributed by atoms with Gasteiger partial charge < -0.3 is 14.7 Å². The number of rotatable bonds is 4. The number of hydrogen-bond acceptors (Lipinski definition) is 7. The quantitative estimate of drug-likeness (QED) is 0.755. The summed E-state index contributed by atoms with van der Waals surface area (Å²) in [4.78, 5) is 15.4. The molecule has 1 unspecified atom stereocenters. The summed E-state index contributed by atoms with van der Waals surface area (Å²) in [6, 6.07) is 6.98. The molecule has 176 valence electrons. The van der Waals surface area contributed by atoms with Crippen LogP contribution in [-0.2, 0) is 0 Å². The predicted octanol–water partition coefficient (Wildman–Crippen LogP) is 2.91. The maximum Gasteiger partial charge on any atom is 0.432 e. The van der Waals surface area contributed by atoms with Crippen molar-refractivity contribution in [1.82, 2.24) is 14.9 Å². The molecule has 7 nitrogen and oxygen atoms in total. The molecule has 0 amide bonds. The molecule has 1 aliphatic carbocycles. The van der Waals surface area contributed by atoms with Crippen LogP contribution in [0.4, 0.5) is 18.9 Å². The van der Waals surface area contributed by atoms with Crippen molar-refractivity contribution in [2.24, 2.45) is 4.99 Å². The van der Waals surface area contributed by atoms with Crippen molar-refractivity contribution in [2.75, 3.05) is 18.0 Å². The second-order valence-corrected chi connectivity index (χ2v) is 8.97. The van der Waals surface area contributed by atoms with Crippen LogP contribution in [0, 0.1) is 0 Å². The maximum absolute atomic E-state index is 14.1. The first-order chi connectivity index (χ1) is 15.8. The minimum atomic E-state index is -4.77. The molecule has 3 heterocycles. The minimum Gasteiger partial charge on any atom is -0.494 e. The van der Waals surface area contributed by atoms with Gasteiger partial charge in [-0.3, -0.25) is 4.90 Å². The lowest BCUT2D eigenvalue weighted by Crippen LogP contribution is -2.61. The molecule has 33 heavy (non-hydrogen) atoms. The van der Waals surface area contributed by atoms with E-state index >= 15 is 0 Å². The van der Waals surface area contributed by atoms with Crippen LogP contribution in [-0.4, -0.2) is 57.0 Å². The highest BCUT2D eigenvalue weighted by Gasteiger charge is 2.58. The number of piperidine rings is 1. The van der Waals surface area contributed by atoms with E-state index in [2.05, 4.69) is 19.9 Å². The molecule has 1 atom stereocenters. The summed E-state index contributed by atoms with van der Waals surface area (Å²) in [6.07, 6.45) is 3.24. The van der Waals surface area contributed by atoms with Gasteiger partial charge in [-0.2, -0.15) is 13.2 Å². The minimum absolute atomic E-state index is 0.0237. The molecule has 1 saturated heterocycles. The van der Waals surface area contributed by atoms with Crippen LogP contribution < -0.4 is 20.2 Å². The lowest BCUT2D eigenvalue weighted by Gasteiger charge is -2.41. The first-order valence-electron chi connectivity index (χ1n) is 11.2. The van der Waals surface area contributed by atoms with Crippen LogP contribution in [0.5, 0.6) is 6.01 Å². The van der Waals surface area contributed by atoms with E-state index in [1.54, 1.807) is 12.1 Å². The third-order valence-corrected chi connectivity index (χ3v) is 6.88. The van der Waals surface area contributed by atoms with Gasteiger partial charge in [0, 0.05) is 19.1 Å². The highest BCUT2D eigenvalue weighted by Crippen LogP contribution is 2.41. The number of alkyl halides is 3. The number of benzene rings is 1. The largest absolute Gasteiger partial charge is 0.494 e. The Morgan fingerprint density at radius 2 is 1.73 bits per heavy atom. The van der Waals surface area contributed by atoms with Crippen LogP contribution in [0.15, 0.2) is 41.7 Å². The first kappa shape index (κ1) is 21.9. The van der Waals surface area contributed by atoms with Crippen molar-refractivity contribution < 1.29 is 23.0 Å². The molecular formula is C23H26F3N5O2. The van der Waals surface area contributed by atoms with Crippen molar-refractivity contribution in [3.63, 3.8) is 0 Å². The Bertz CT molecular complexity index is 1130. The zero-order valence-corrected chi connectivity index (χ0v) is 18.3. The number of aromatic nitrogens is 2. The van der Waals surface area contributed by atoms with Crippen LogP contribution in [0.1, 0.15) is 39.0 Å². The van der Waals surface area contributed by atoms with Crippen LogP contribution >= 0.6 is 0 Å². The monoisotopic (exact) mass is 461 g/mol. The standard InChI is InChI=1S/C23H26F3N5O2/c1-22(23(24,25)26)29-19-8-3-2-7-18(19)20(32)31(22)16-13-27-21(28-14-16)33-17-9-11-30(12-10-17)15-5-4-6-15/h2-3,7-8,13-15,17,32H,4-6,9-12H2,1H3. The topological polar surface area (TPSA) is 74.1 Å².